The zero-order valence-corrected chi connectivity index (χ0v) is 12.0. The lowest BCUT2D eigenvalue weighted by molar-refractivity contribution is 0.104. The van der Waals surface area contributed by atoms with Crippen molar-refractivity contribution in [3.05, 3.63) is 58.1 Å². The molecule has 8 nitrogen and oxygen atoms in total. The third-order valence-electron chi connectivity index (χ3n) is 2.74. The Kier molecular flexibility index (Phi) is 3.97. The molecular formula is C13H10N6O2S. The number of aromatic amines is 1. The van der Waals surface area contributed by atoms with E-state index in [1.165, 1.54) is 11.3 Å². The van der Waals surface area contributed by atoms with Gasteiger partial charge in [0.25, 0.3) is 0 Å². The fraction of sp³-hybridized carbons (Fsp3) is 0.0769. The minimum Gasteiger partial charge on any atom is -0.504 e. The van der Waals surface area contributed by atoms with E-state index in [9.17, 15) is 9.90 Å². The Morgan fingerprint density at radius 3 is 2.91 bits per heavy atom. The molecule has 0 saturated heterocycles. The maximum atomic E-state index is 12.0. The highest BCUT2D eigenvalue weighted by molar-refractivity contribution is 7.11. The van der Waals surface area contributed by atoms with Crippen LogP contribution in [-0.4, -0.2) is 41.5 Å². The molecule has 9 heteroatoms. The minimum atomic E-state index is -0.409. The zero-order chi connectivity index (χ0) is 15.4. The zero-order valence-electron chi connectivity index (χ0n) is 11.2. The average Bonchev–Trinajstić information content (AvgIpc) is 3.19. The lowest BCUT2D eigenvalue weighted by Gasteiger charge is -1.96. The molecule has 3 aromatic heterocycles. The second kappa shape index (κ2) is 6.22. The van der Waals surface area contributed by atoms with Crippen LogP contribution in [0.4, 0.5) is 0 Å². The summed E-state index contributed by atoms with van der Waals surface area (Å²) in [5, 5.41) is 24.5. The van der Waals surface area contributed by atoms with Crippen molar-refractivity contribution in [2.75, 3.05) is 0 Å². The number of pyridine rings is 1. The van der Waals surface area contributed by atoms with E-state index >= 15 is 0 Å². The molecule has 0 fully saturated rings. The summed E-state index contributed by atoms with van der Waals surface area (Å²) in [6.07, 6.45) is 5.06. The van der Waals surface area contributed by atoms with Crippen LogP contribution in [0.15, 0.2) is 36.0 Å². The summed E-state index contributed by atoms with van der Waals surface area (Å²) in [6.45, 7) is 0. The summed E-state index contributed by atoms with van der Waals surface area (Å²) in [6, 6.07) is 3.78. The van der Waals surface area contributed by atoms with Crippen molar-refractivity contribution in [3.8, 4) is 0 Å². The van der Waals surface area contributed by atoms with Crippen molar-refractivity contribution in [3.63, 3.8) is 0 Å². The number of aromatic nitrogens is 6. The molecule has 0 aliphatic carbocycles. The van der Waals surface area contributed by atoms with Crippen LogP contribution in [-0.2, 0) is 6.42 Å². The van der Waals surface area contributed by atoms with Gasteiger partial charge in [-0.1, -0.05) is 0 Å². The van der Waals surface area contributed by atoms with Crippen molar-refractivity contribution in [1.29, 1.82) is 0 Å². The highest BCUT2D eigenvalue weighted by Gasteiger charge is 2.13. The highest BCUT2D eigenvalue weighted by atomic mass is 32.1. The molecule has 0 aliphatic heterocycles. The third kappa shape index (κ3) is 3.20. The van der Waals surface area contributed by atoms with Crippen LogP contribution in [0.25, 0.3) is 5.76 Å². The minimum absolute atomic E-state index is 0.0399. The Morgan fingerprint density at radius 1 is 1.36 bits per heavy atom. The van der Waals surface area contributed by atoms with Gasteiger partial charge < -0.3 is 5.11 Å². The first-order valence-electron chi connectivity index (χ1n) is 6.24. The number of nitrogens with one attached hydrogen (secondary N) is 1. The molecule has 3 heterocycles. The molecule has 0 spiro atoms. The van der Waals surface area contributed by atoms with Gasteiger partial charge in [0.05, 0.1) is 5.69 Å². The van der Waals surface area contributed by atoms with Crippen molar-refractivity contribution < 1.29 is 9.90 Å². The standard InChI is InChI=1S/C13H10N6O2S/c20-10(12-16-18-19-17-12)6-11(21)13-15-9(7-22-13)5-8-1-3-14-4-2-8/h1-4,6-7,20H,5H2,(H,16,17,18,19). The summed E-state index contributed by atoms with van der Waals surface area (Å²) in [4.78, 5) is 20.3. The number of ketones is 1. The first-order valence-corrected chi connectivity index (χ1v) is 7.12. The van der Waals surface area contributed by atoms with E-state index in [0.29, 0.717) is 11.4 Å². The molecule has 2 N–H and O–H groups in total. The number of carbonyl (C=O) groups is 1. The van der Waals surface area contributed by atoms with Gasteiger partial charge in [-0.3, -0.25) is 9.78 Å². The van der Waals surface area contributed by atoms with Crippen molar-refractivity contribution in [1.82, 2.24) is 30.6 Å². The van der Waals surface area contributed by atoms with Crippen LogP contribution >= 0.6 is 11.3 Å². The van der Waals surface area contributed by atoms with Crippen LogP contribution in [0.1, 0.15) is 26.9 Å². The molecule has 0 atom stereocenters. The van der Waals surface area contributed by atoms with Gasteiger partial charge in [0.2, 0.25) is 11.6 Å². The van der Waals surface area contributed by atoms with Gasteiger partial charge in [-0.25, -0.2) is 4.98 Å². The van der Waals surface area contributed by atoms with Crippen LogP contribution in [0.3, 0.4) is 0 Å². The van der Waals surface area contributed by atoms with Gasteiger partial charge in [-0.15, -0.1) is 21.5 Å². The smallest absolute Gasteiger partial charge is 0.239 e. The monoisotopic (exact) mass is 314 g/mol. The number of carbonyl (C=O) groups excluding carboxylic acids is 1. The van der Waals surface area contributed by atoms with Crippen LogP contribution in [0.2, 0.25) is 0 Å². The summed E-state index contributed by atoms with van der Waals surface area (Å²) in [7, 11) is 0. The molecule has 0 bridgehead atoms. The maximum Gasteiger partial charge on any atom is 0.239 e. The van der Waals surface area contributed by atoms with Crippen LogP contribution in [0, 0.1) is 0 Å². The average molecular weight is 314 g/mol. The summed E-state index contributed by atoms with van der Waals surface area (Å²) in [5.74, 6) is -0.806. The molecule has 0 unspecified atom stereocenters. The van der Waals surface area contributed by atoms with Gasteiger partial charge in [0, 0.05) is 30.3 Å². The first-order chi connectivity index (χ1) is 10.7. The molecule has 3 rings (SSSR count). The maximum absolute atomic E-state index is 12.0. The van der Waals surface area contributed by atoms with Crippen molar-refractivity contribution >= 4 is 22.9 Å². The number of thiazole rings is 1. The predicted molar refractivity (Wildman–Crippen MR) is 78.3 cm³/mol. The Bertz CT molecular complexity index is 797. The second-order valence-electron chi connectivity index (χ2n) is 4.31. The van der Waals surface area contributed by atoms with Gasteiger partial charge >= 0.3 is 0 Å². The van der Waals surface area contributed by atoms with Gasteiger partial charge in [-0.2, -0.15) is 5.21 Å². The number of allylic oxidation sites excluding steroid dienone is 1. The van der Waals surface area contributed by atoms with E-state index < -0.39 is 5.78 Å². The summed E-state index contributed by atoms with van der Waals surface area (Å²) in [5.41, 5.74) is 1.84. The highest BCUT2D eigenvalue weighted by Crippen LogP contribution is 2.16. The fourth-order valence-electron chi connectivity index (χ4n) is 1.73. The quantitative estimate of drug-likeness (QED) is 0.415. The van der Waals surface area contributed by atoms with E-state index in [1.807, 2.05) is 17.5 Å². The summed E-state index contributed by atoms with van der Waals surface area (Å²) >= 11 is 1.22. The predicted octanol–water partition coefficient (Wildman–Crippen LogP) is 1.42. The molecule has 0 amide bonds. The molecule has 0 radical (unpaired) electrons. The molecular weight excluding hydrogens is 304 g/mol. The molecule has 0 aliphatic rings. The van der Waals surface area contributed by atoms with Gasteiger partial charge in [-0.05, 0) is 22.9 Å². The number of hydrogen-bond donors (Lipinski definition) is 2. The molecule has 0 aromatic carbocycles. The molecule has 110 valence electrons. The molecule has 3 aromatic rings. The van der Waals surface area contributed by atoms with E-state index in [2.05, 4.69) is 30.6 Å². The lowest BCUT2D eigenvalue weighted by Crippen LogP contribution is -1.98. The Balaban J connectivity index is 1.73. The topological polar surface area (TPSA) is 118 Å². The van der Waals surface area contributed by atoms with Crippen molar-refractivity contribution in [2.45, 2.75) is 6.42 Å². The number of tetrazole rings is 1. The molecule has 0 saturated carbocycles. The SMILES string of the molecule is O=C(C=C(O)c1nn[nH]n1)c1nc(Cc2ccncc2)cs1. The number of aliphatic hydroxyl groups excluding tert-OH is 1. The third-order valence-corrected chi connectivity index (χ3v) is 3.65. The van der Waals surface area contributed by atoms with Crippen LogP contribution in [0.5, 0.6) is 0 Å². The Labute approximate surface area is 128 Å². The number of hydrogen-bond acceptors (Lipinski definition) is 8. The first kappa shape index (κ1) is 14.0. The van der Waals surface area contributed by atoms with Gasteiger partial charge in [0.15, 0.2) is 10.8 Å². The largest absolute Gasteiger partial charge is 0.504 e. The fourth-order valence-corrected chi connectivity index (χ4v) is 2.46. The van der Waals surface area contributed by atoms with E-state index in [-0.39, 0.29) is 11.6 Å². The number of nitrogens with zero attached hydrogens (tertiary/aromatic N) is 5. The molecule has 22 heavy (non-hydrogen) atoms. The second-order valence-corrected chi connectivity index (χ2v) is 5.16. The lowest BCUT2D eigenvalue weighted by atomic mass is 10.2. The van der Waals surface area contributed by atoms with Crippen molar-refractivity contribution in [2.24, 2.45) is 0 Å². The van der Waals surface area contributed by atoms with Crippen LogP contribution < -0.4 is 0 Å². The number of aliphatic hydroxyl groups is 1. The Hall–Kier alpha value is -2.94. The number of rotatable bonds is 5. The van der Waals surface area contributed by atoms with E-state index in [0.717, 1.165) is 17.3 Å². The normalized spacial score (nSPS) is 11.5. The van der Waals surface area contributed by atoms with E-state index in [1.54, 1.807) is 12.4 Å². The summed E-state index contributed by atoms with van der Waals surface area (Å²) < 4.78 is 0. The Morgan fingerprint density at radius 2 is 2.18 bits per heavy atom. The van der Waals surface area contributed by atoms with Gasteiger partial charge in [0.1, 0.15) is 0 Å². The number of H-pyrrole nitrogens is 1. The van der Waals surface area contributed by atoms with E-state index in [4.69, 9.17) is 0 Å².